The smallest absolute Gasteiger partial charge is 0.225 e. The quantitative estimate of drug-likeness (QED) is 0.488. The zero-order valence-electron chi connectivity index (χ0n) is 19.7. The number of nitrogens with one attached hydrogen (secondary N) is 2. The number of likely N-dealkylation sites (tertiary alicyclic amines) is 1. The van der Waals surface area contributed by atoms with Gasteiger partial charge in [0, 0.05) is 48.8 Å². The van der Waals surface area contributed by atoms with Gasteiger partial charge >= 0.3 is 0 Å². The topological polar surface area (TPSA) is 104 Å². The van der Waals surface area contributed by atoms with E-state index in [0.29, 0.717) is 30.4 Å². The number of hydrogen-bond donors (Lipinski definition) is 2. The Morgan fingerprint density at radius 3 is 2.67 bits per heavy atom. The summed E-state index contributed by atoms with van der Waals surface area (Å²) in [6.45, 7) is 9.50. The number of fused-ring (bicyclic) bond motifs is 1. The maximum Gasteiger partial charge on any atom is 0.225 e. The number of amides is 1. The lowest BCUT2D eigenvalue weighted by Gasteiger charge is -2.40. The Morgan fingerprint density at radius 1 is 1.24 bits per heavy atom. The van der Waals surface area contributed by atoms with E-state index in [-0.39, 0.29) is 17.9 Å². The Labute approximate surface area is 194 Å². The van der Waals surface area contributed by atoms with Crippen molar-refractivity contribution in [1.29, 1.82) is 5.41 Å². The number of allylic oxidation sites excluding steroid dienone is 1. The molecule has 1 aliphatic rings. The first kappa shape index (κ1) is 22.7. The standard InChI is InChI=1S/C24H32N8O/c1-5-20(6-2)31-12-18(11-28-31)23-22-7-8-27-32(22)15-21(29-23)17(9-25)10-26-19-13-30(14-19)24(33)16(3)4/h7-12,15-16,19-20,25-26H,5-6,13-14H2,1-4H3/b17-10+,25-9?. The first-order chi connectivity index (χ1) is 15.9. The van der Waals surface area contributed by atoms with Crippen LogP contribution in [0.1, 0.15) is 52.3 Å². The Balaban J connectivity index is 1.59. The molecule has 0 radical (unpaired) electrons. The van der Waals surface area contributed by atoms with E-state index in [9.17, 15) is 4.79 Å². The largest absolute Gasteiger partial charge is 0.384 e. The summed E-state index contributed by atoms with van der Waals surface area (Å²) in [5, 5.41) is 20.3. The molecule has 0 atom stereocenters. The van der Waals surface area contributed by atoms with Crippen LogP contribution in [0.5, 0.6) is 0 Å². The van der Waals surface area contributed by atoms with Gasteiger partial charge < -0.3 is 15.6 Å². The van der Waals surface area contributed by atoms with E-state index in [1.165, 1.54) is 6.21 Å². The molecule has 3 aromatic rings. The highest BCUT2D eigenvalue weighted by molar-refractivity contribution is 6.07. The SMILES string of the molecule is CCC(CC)n1cc(-c2nc(/C(C=N)=C/NC3CN(C(=O)C(C)C)C3)cn3nccc23)cn1. The van der Waals surface area contributed by atoms with Crippen molar-refractivity contribution in [2.24, 2.45) is 5.92 Å². The molecule has 1 aliphatic heterocycles. The minimum absolute atomic E-state index is 0.0105. The average Bonchev–Trinajstić information content (AvgIpc) is 3.45. The molecular formula is C24H32N8O. The van der Waals surface area contributed by atoms with Crippen molar-refractivity contribution in [3.05, 3.63) is 42.7 Å². The Kier molecular flexibility index (Phi) is 6.57. The van der Waals surface area contributed by atoms with E-state index in [1.54, 1.807) is 10.7 Å². The van der Waals surface area contributed by atoms with Crippen molar-refractivity contribution >= 4 is 23.2 Å². The van der Waals surface area contributed by atoms with Crippen LogP contribution in [-0.4, -0.2) is 60.5 Å². The second-order valence-electron chi connectivity index (χ2n) is 8.82. The molecule has 4 heterocycles. The van der Waals surface area contributed by atoms with Crippen LogP contribution in [0.15, 0.2) is 37.1 Å². The van der Waals surface area contributed by atoms with Gasteiger partial charge in [0.15, 0.2) is 0 Å². The third-order valence-corrected chi connectivity index (χ3v) is 6.19. The highest BCUT2D eigenvalue weighted by atomic mass is 16.2. The van der Waals surface area contributed by atoms with Gasteiger partial charge in [0.2, 0.25) is 5.91 Å². The van der Waals surface area contributed by atoms with Crippen molar-refractivity contribution in [2.45, 2.75) is 52.6 Å². The predicted octanol–water partition coefficient (Wildman–Crippen LogP) is 3.40. The minimum Gasteiger partial charge on any atom is -0.384 e. The van der Waals surface area contributed by atoms with Crippen LogP contribution in [0.3, 0.4) is 0 Å². The van der Waals surface area contributed by atoms with Gasteiger partial charge in [-0.2, -0.15) is 10.2 Å². The fraction of sp³-hybridized carbons (Fsp3) is 0.458. The maximum absolute atomic E-state index is 12.1. The van der Waals surface area contributed by atoms with Gasteiger partial charge in [0.05, 0.1) is 47.6 Å². The molecule has 0 unspecified atom stereocenters. The molecule has 3 aromatic heterocycles. The maximum atomic E-state index is 12.1. The first-order valence-electron chi connectivity index (χ1n) is 11.6. The fourth-order valence-electron chi connectivity index (χ4n) is 4.13. The summed E-state index contributed by atoms with van der Waals surface area (Å²) in [6.07, 6.45) is 12.6. The zero-order chi connectivity index (χ0) is 23.5. The van der Waals surface area contributed by atoms with E-state index in [2.05, 4.69) is 29.4 Å². The molecule has 174 valence electrons. The molecule has 0 spiro atoms. The number of rotatable bonds is 9. The highest BCUT2D eigenvalue weighted by Crippen LogP contribution is 2.26. The van der Waals surface area contributed by atoms with Crippen LogP contribution >= 0.6 is 0 Å². The Hall–Kier alpha value is -3.49. The summed E-state index contributed by atoms with van der Waals surface area (Å²) in [6, 6.07) is 2.46. The summed E-state index contributed by atoms with van der Waals surface area (Å²) in [4.78, 5) is 18.8. The van der Waals surface area contributed by atoms with Gasteiger partial charge in [-0.3, -0.25) is 9.48 Å². The lowest BCUT2D eigenvalue weighted by molar-refractivity contribution is -0.139. The normalized spacial score (nSPS) is 14.8. The zero-order valence-corrected chi connectivity index (χ0v) is 19.7. The molecule has 1 amide bonds. The summed E-state index contributed by atoms with van der Waals surface area (Å²) < 4.78 is 3.79. The van der Waals surface area contributed by atoms with Crippen LogP contribution in [0.25, 0.3) is 22.3 Å². The summed E-state index contributed by atoms with van der Waals surface area (Å²) in [5.41, 5.74) is 3.89. The molecular weight excluding hydrogens is 416 g/mol. The van der Waals surface area contributed by atoms with Gasteiger partial charge in [-0.15, -0.1) is 0 Å². The van der Waals surface area contributed by atoms with E-state index >= 15 is 0 Å². The van der Waals surface area contributed by atoms with E-state index < -0.39 is 0 Å². The molecule has 0 saturated carbocycles. The molecule has 9 nitrogen and oxygen atoms in total. The van der Waals surface area contributed by atoms with Gasteiger partial charge in [0.1, 0.15) is 0 Å². The van der Waals surface area contributed by atoms with Crippen molar-refractivity contribution in [2.75, 3.05) is 13.1 Å². The molecule has 0 aromatic carbocycles. The van der Waals surface area contributed by atoms with E-state index in [0.717, 1.165) is 29.6 Å². The lowest BCUT2D eigenvalue weighted by Crippen LogP contribution is -2.59. The molecule has 1 saturated heterocycles. The van der Waals surface area contributed by atoms with Gasteiger partial charge in [-0.25, -0.2) is 9.50 Å². The molecule has 33 heavy (non-hydrogen) atoms. The third-order valence-electron chi connectivity index (χ3n) is 6.19. The van der Waals surface area contributed by atoms with E-state index in [4.69, 9.17) is 10.4 Å². The highest BCUT2D eigenvalue weighted by Gasteiger charge is 2.31. The lowest BCUT2D eigenvalue weighted by atomic mass is 10.1. The molecule has 0 aliphatic carbocycles. The van der Waals surface area contributed by atoms with Gasteiger partial charge in [-0.05, 0) is 18.9 Å². The molecule has 1 fully saturated rings. The Bertz CT molecular complexity index is 1160. The van der Waals surface area contributed by atoms with Crippen molar-refractivity contribution in [1.82, 2.24) is 34.6 Å². The fourth-order valence-corrected chi connectivity index (χ4v) is 4.13. The monoisotopic (exact) mass is 448 g/mol. The second-order valence-corrected chi connectivity index (χ2v) is 8.82. The minimum atomic E-state index is 0.0105. The first-order valence-corrected chi connectivity index (χ1v) is 11.6. The molecule has 2 N–H and O–H groups in total. The van der Waals surface area contributed by atoms with Crippen LogP contribution < -0.4 is 5.32 Å². The van der Waals surface area contributed by atoms with Crippen LogP contribution in [0.2, 0.25) is 0 Å². The molecule has 0 bridgehead atoms. The Morgan fingerprint density at radius 2 is 2.00 bits per heavy atom. The number of aromatic nitrogens is 5. The van der Waals surface area contributed by atoms with Gasteiger partial charge in [-0.1, -0.05) is 27.7 Å². The van der Waals surface area contributed by atoms with Crippen LogP contribution in [0, 0.1) is 11.3 Å². The molecule has 9 heteroatoms. The number of hydrogen-bond acceptors (Lipinski definition) is 6. The number of carbonyl (C=O) groups is 1. The predicted molar refractivity (Wildman–Crippen MR) is 129 cm³/mol. The van der Waals surface area contributed by atoms with Crippen molar-refractivity contribution in [3.8, 4) is 11.3 Å². The number of carbonyl (C=O) groups excluding carboxylic acids is 1. The van der Waals surface area contributed by atoms with E-state index in [1.807, 2.05) is 54.3 Å². The van der Waals surface area contributed by atoms with Gasteiger partial charge in [0.25, 0.3) is 0 Å². The number of nitrogens with zero attached hydrogens (tertiary/aromatic N) is 6. The summed E-state index contributed by atoms with van der Waals surface area (Å²) in [5.74, 6) is 0.185. The van der Waals surface area contributed by atoms with Crippen LogP contribution in [0.4, 0.5) is 0 Å². The van der Waals surface area contributed by atoms with Crippen molar-refractivity contribution < 1.29 is 4.79 Å². The molecule has 4 rings (SSSR count). The summed E-state index contributed by atoms with van der Waals surface area (Å²) >= 11 is 0. The van der Waals surface area contributed by atoms with Crippen molar-refractivity contribution in [3.63, 3.8) is 0 Å². The average molecular weight is 449 g/mol. The second kappa shape index (κ2) is 9.56. The third kappa shape index (κ3) is 4.53. The van der Waals surface area contributed by atoms with Crippen LogP contribution in [-0.2, 0) is 4.79 Å². The summed E-state index contributed by atoms with van der Waals surface area (Å²) in [7, 11) is 0.